The second kappa shape index (κ2) is 9.52. The zero-order valence-electron chi connectivity index (χ0n) is 16.3. The van der Waals surface area contributed by atoms with Crippen molar-refractivity contribution in [3.8, 4) is 11.1 Å². The molecule has 3 heteroatoms. The monoisotopic (exact) mass is 496 g/mol. The first-order valence-electron chi connectivity index (χ1n) is 9.64. The van der Waals surface area contributed by atoms with Gasteiger partial charge < -0.3 is 0 Å². The van der Waals surface area contributed by atoms with Crippen LogP contribution < -0.4 is 0 Å². The molecule has 0 fully saturated rings. The van der Waals surface area contributed by atoms with E-state index in [1.807, 2.05) is 0 Å². The maximum absolute atomic E-state index is 2.62. The van der Waals surface area contributed by atoms with Gasteiger partial charge in [0.1, 0.15) is 0 Å². The van der Waals surface area contributed by atoms with Crippen molar-refractivity contribution in [2.75, 3.05) is 0 Å². The minimum absolute atomic E-state index is 0. The molecular weight excluding hydrogens is 474 g/mol. The summed E-state index contributed by atoms with van der Waals surface area (Å²) >= 11 is -1.87. The Morgan fingerprint density at radius 1 is 0.793 bits per heavy atom. The summed E-state index contributed by atoms with van der Waals surface area (Å²) in [5, 5.41) is 0. The number of allylic oxidation sites excluding steroid dienone is 4. The molecule has 0 saturated heterocycles. The molecule has 0 bridgehead atoms. The molecule has 0 N–H and O–H groups in total. The molecule has 0 amide bonds. The van der Waals surface area contributed by atoms with Crippen molar-refractivity contribution >= 4 is 34.1 Å². The zero-order chi connectivity index (χ0) is 18.2. The fourth-order valence-corrected chi connectivity index (χ4v) is 10.4. The number of benzene rings is 3. The van der Waals surface area contributed by atoms with Gasteiger partial charge in [-0.25, -0.2) is 0 Å². The van der Waals surface area contributed by atoms with E-state index in [2.05, 4.69) is 99.4 Å². The van der Waals surface area contributed by atoms with Gasteiger partial charge in [0.25, 0.3) is 0 Å². The van der Waals surface area contributed by atoms with Gasteiger partial charge in [0.2, 0.25) is 0 Å². The molecule has 1 atom stereocenters. The molecule has 0 spiro atoms. The van der Waals surface area contributed by atoms with Crippen molar-refractivity contribution in [2.24, 2.45) is 0 Å². The van der Waals surface area contributed by atoms with Crippen LogP contribution in [0.1, 0.15) is 32.3 Å². The SMILES string of the molecule is Cl.Cl.[CH3]/[Zr](=[CH]/c1ccccc1)[CH]1c2ccccc2-c2cccc(C3=CC=CC3)c21. The van der Waals surface area contributed by atoms with Crippen LogP contribution in [-0.2, 0) is 21.3 Å². The summed E-state index contributed by atoms with van der Waals surface area (Å²) in [6.07, 6.45) is 7.83. The summed E-state index contributed by atoms with van der Waals surface area (Å²) in [5.41, 5.74) is 10.4. The second-order valence-electron chi connectivity index (χ2n) is 7.41. The predicted octanol–water partition coefficient (Wildman–Crippen LogP) is 7.46. The summed E-state index contributed by atoms with van der Waals surface area (Å²) in [5.74, 6) is 0. The summed E-state index contributed by atoms with van der Waals surface area (Å²) in [4.78, 5) is 0. The van der Waals surface area contributed by atoms with Crippen molar-refractivity contribution in [3.63, 3.8) is 0 Å². The van der Waals surface area contributed by atoms with Gasteiger partial charge in [-0.15, -0.1) is 24.8 Å². The molecule has 2 aliphatic rings. The molecule has 3 aromatic rings. The van der Waals surface area contributed by atoms with Gasteiger partial charge in [0, 0.05) is 0 Å². The standard InChI is InChI=1S/C18H13.C7H6.CH3.2ClH.Zr/c1-2-7-13(6-1)15-10-5-11-17-16-9-4-3-8-14(16)12-18(15)17;1-7-5-3-2-4-6-7;;;;/h1-6,8-12H,7H2;1-6H;1H3;2*1H;. The van der Waals surface area contributed by atoms with E-state index in [9.17, 15) is 0 Å². The second-order valence-corrected chi connectivity index (χ2v) is 13.2. The molecule has 0 aromatic heterocycles. The Labute approximate surface area is 193 Å². The zero-order valence-corrected chi connectivity index (χ0v) is 20.4. The van der Waals surface area contributed by atoms with E-state index in [0.29, 0.717) is 3.63 Å². The molecule has 0 nitrogen and oxygen atoms in total. The molecular formula is C26H24Cl2Zr. The van der Waals surface area contributed by atoms with Gasteiger partial charge in [0.05, 0.1) is 0 Å². The van der Waals surface area contributed by atoms with Crippen LogP contribution >= 0.6 is 24.8 Å². The number of fused-ring (bicyclic) bond motifs is 3. The van der Waals surface area contributed by atoms with E-state index in [1.54, 1.807) is 11.1 Å². The van der Waals surface area contributed by atoms with Crippen LogP contribution in [0.25, 0.3) is 16.7 Å². The first-order valence-corrected chi connectivity index (χ1v) is 14.9. The van der Waals surface area contributed by atoms with Crippen LogP contribution in [-0.4, -0.2) is 3.71 Å². The van der Waals surface area contributed by atoms with Crippen LogP contribution in [0.4, 0.5) is 0 Å². The number of hydrogen-bond donors (Lipinski definition) is 0. The molecule has 0 heterocycles. The van der Waals surface area contributed by atoms with Crippen molar-refractivity contribution in [1.82, 2.24) is 0 Å². The molecule has 0 saturated carbocycles. The number of halogens is 2. The van der Waals surface area contributed by atoms with E-state index < -0.39 is 21.3 Å². The van der Waals surface area contributed by atoms with Crippen molar-refractivity contribution in [3.05, 3.63) is 113 Å². The van der Waals surface area contributed by atoms with Gasteiger partial charge in [0.15, 0.2) is 0 Å². The van der Waals surface area contributed by atoms with Gasteiger partial charge in [-0.2, -0.15) is 0 Å². The van der Waals surface area contributed by atoms with Crippen molar-refractivity contribution in [2.45, 2.75) is 14.7 Å². The third-order valence-electron chi connectivity index (χ3n) is 5.72. The van der Waals surface area contributed by atoms with E-state index in [-0.39, 0.29) is 24.8 Å². The van der Waals surface area contributed by atoms with E-state index in [4.69, 9.17) is 0 Å². The number of rotatable bonds is 3. The summed E-state index contributed by atoms with van der Waals surface area (Å²) in [6.45, 7) is 0. The Morgan fingerprint density at radius 3 is 2.24 bits per heavy atom. The van der Waals surface area contributed by atoms with Gasteiger partial charge in [-0.3, -0.25) is 0 Å². The van der Waals surface area contributed by atoms with Crippen LogP contribution in [0.2, 0.25) is 4.63 Å². The topological polar surface area (TPSA) is 0 Å². The normalized spacial score (nSPS) is 16.4. The third kappa shape index (κ3) is 4.06. The van der Waals surface area contributed by atoms with Gasteiger partial charge in [-0.1, -0.05) is 0 Å². The van der Waals surface area contributed by atoms with Crippen LogP contribution in [0.15, 0.2) is 91.0 Å². The predicted molar refractivity (Wildman–Crippen MR) is 127 cm³/mol. The first kappa shape index (κ1) is 22.2. The van der Waals surface area contributed by atoms with Crippen molar-refractivity contribution < 1.29 is 21.3 Å². The third-order valence-corrected chi connectivity index (χ3v) is 11.4. The molecule has 1 unspecified atom stereocenters. The average molecular weight is 499 g/mol. The molecule has 29 heavy (non-hydrogen) atoms. The molecule has 0 radical (unpaired) electrons. The quantitative estimate of drug-likeness (QED) is 0.352. The molecule has 146 valence electrons. The summed E-state index contributed by atoms with van der Waals surface area (Å²) in [7, 11) is 0. The van der Waals surface area contributed by atoms with Crippen LogP contribution in [0.3, 0.4) is 0 Å². The van der Waals surface area contributed by atoms with Crippen LogP contribution in [0.5, 0.6) is 0 Å². The molecule has 3 aromatic carbocycles. The molecule has 2 aliphatic carbocycles. The summed E-state index contributed by atoms with van der Waals surface area (Å²) < 4.78 is 5.78. The Morgan fingerprint density at radius 2 is 1.48 bits per heavy atom. The minimum atomic E-state index is -1.87. The number of hydrogen-bond acceptors (Lipinski definition) is 0. The molecule has 0 aliphatic heterocycles. The Hall–Kier alpha value is -1.53. The maximum atomic E-state index is 2.62. The van der Waals surface area contributed by atoms with Crippen molar-refractivity contribution in [1.29, 1.82) is 0 Å². The summed E-state index contributed by atoms with van der Waals surface area (Å²) in [6, 6.07) is 26.9. The van der Waals surface area contributed by atoms with E-state index in [0.717, 1.165) is 6.42 Å². The molecule has 5 rings (SSSR count). The first-order chi connectivity index (χ1) is 13.3. The van der Waals surface area contributed by atoms with Crippen LogP contribution in [0, 0.1) is 0 Å². The van der Waals surface area contributed by atoms with Gasteiger partial charge >= 0.3 is 170 Å². The average Bonchev–Trinajstić information content (AvgIpc) is 3.35. The Kier molecular flexibility index (Phi) is 7.28. The van der Waals surface area contributed by atoms with Gasteiger partial charge in [-0.05, 0) is 0 Å². The van der Waals surface area contributed by atoms with E-state index in [1.165, 1.54) is 27.8 Å². The van der Waals surface area contributed by atoms with E-state index >= 15 is 0 Å². The fourth-order valence-electron chi connectivity index (χ4n) is 4.56. The Bertz CT molecular complexity index is 1110. The fraction of sp³-hybridized carbons (Fsp3) is 0.115. The Balaban J connectivity index is 0.00000120.